The molecule has 0 aromatic rings. The van der Waals surface area contributed by atoms with Crippen molar-refractivity contribution in [1.29, 1.82) is 0 Å². The van der Waals surface area contributed by atoms with Crippen LogP contribution in [0, 0.1) is 5.92 Å². The molecule has 1 heterocycles. The Kier molecular flexibility index (Phi) is 2.53. The van der Waals surface area contributed by atoms with Crippen LogP contribution in [-0.2, 0) is 14.3 Å². The summed E-state index contributed by atoms with van der Waals surface area (Å²) in [7, 11) is 0. The van der Waals surface area contributed by atoms with Crippen molar-refractivity contribution in [1.82, 2.24) is 0 Å². The maximum absolute atomic E-state index is 11.8. The first kappa shape index (κ1) is 10.9. The predicted molar refractivity (Wildman–Crippen MR) is 56.5 cm³/mol. The fourth-order valence-electron chi connectivity index (χ4n) is 2.16. The second-order valence-corrected chi connectivity index (χ2v) is 5.78. The van der Waals surface area contributed by atoms with Crippen LogP contribution < -0.4 is 0 Å². The maximum atomic E-state index is 11.8. The van der Waals surface area contributed by atoms with E-state index in [4.69, 9.17) is 9.47 Å². The number of esters is 1. The zero-order valence-electron chi connectivity index (χ0n) is 9.84. The fourth-order valence-corrected chi connectivity index (χ4v) is 2.16. The number of ether oxygens (including phenoxy) is 2. The number of hydrogen-bond acceptors (Lipinski definition) is 3. The first-order valence-electron chi connectivity index (χ1n) is 5.77. The van der Waals surface area contributed by atoms with Crippen LogP contribution in [0.25, 0.3) is 0 Å². The molecule has 3 heteroatoms. The molecule has 1 aliphatic heterocycles. The van der Waals surface area contributed by atoms with Gasteiger partial charge in [-0.3, -0.25) is 4.79 Å². The van der Waals surface area contributed by atoms with Crippen molar-refractivity contribution in [2.75, 3.05) is 6.61 Å². The summed E-state index contributed by atoms with van der Waals surface area (Å²) in [5, 5.41) is 0. The molecule has 1 saturated carbocycles. The molecule has 0 amide bonds. The molecule has 0 bridgehead atoms. The maximum Gasteiger partial charge on any atom is 0.309 e. The van der Waals surface area contributed by atoms with Gasteiger partial charge in [0.1, 0.15) is 5.60 Å². The van der Waals surface area contributed by atoms with E-state index in [9.17, 15) is 4.79 Å². The van der Waals surface area contributed by atoms with E-state index in [0.29, 0.717) is 0 Å². The van der Waals surface area contributed by atoms with Gasteiger partial charge in [-0.05, 0) is 46.5 Å². The molecule has 0 N–H and O–H groups in total. The lowest BCUT2D eigenvalue weighted by Crippen LogP contribution is -2.32. The zero-order valence-corrected chi connectivity index (χ0v) is 9.84. The summed E-state index contributed by atoms with van der Waals surface area (Å²) < 4.78 is 10.8. The van der Waals surface area contributed by atoms with Crippen LogP contribution in [0.4, 0.5) is 0 Å². The average molecular weight is 212 g/mol. The minimum atomic E-state index is -0.359. The lowest BCUT2D eigenvalue weighted by molar-refractivity contribution is -0.161. The summed E-state index contributed by atoms with van der Waals surface area (Å²) in [5.41, 5.74) is -0.194. The van der Waals surface area contributed by atoms with Crippen LogP contribution in [0.1, 0.15) is 46.5 Å². The van der Waals surface area contributed by atoms with Gasteiger partial charge in [0.05, 0.1) is 18.1 Å². The number of hydrogen-bond donors (Lipinski definition) is 0. The molecule has 1 spiro atoms. The quantitative estimate of drug-likeness (QED) is 0.494. The van der Waals surface area contributed by atoms with Crippen molar-refractivity contribution in [2.24, 2.45) is 5.92 Å². The van der Waals surface area contributed by atoms with Crippen LogP contribution in [0.5, 0.6) is 0 Å². The van der Waals surface area contributed by atoms with E-state index in [1.807, 2.05) is 20.8 Å². The molecule has 15 heavy (non-hydrogen) atoms. The third-order valence-corrected chi connectivity index (χ3v) is 3.19. The normalized spacial score (nSPS) is 35.3. The Morgan fingerprint density at radius 2 is 1.87 bits per heavy atom. The molecule has 2 fully saturated rings. The third kappa shape index (κ3) is 2.71. The highest BCUT2D eigenvalue weighted by molar-refractivity contribution is 5.73. The SMILES string of the molecule is CC(C)(C)OC(=O)C1CCC2(CC1)CO2. The van der Waals surface area contributed by atoms with Gasteiger partial charge in [0, 0.05) is 0 Å². The second-order valence-electron chi connectivity index (χ2n) is 5.78. The van der Waals surface area contributed by atoms with Gasteiger partial charge in [-0.25, -0.2) is 0 Å². The van der Waals surface area contributed by atoms with Crippen molar-refractivity contribution in [2.45, 2.75) is 57.7 Å². The van der Waals surface area contributed by atoms with E-state index < -0.39 is 0 Å². The van der Waals surface area contributed by atoms with Crippen molar-refractivity contribution in [3.8, 4) is 0 Å². The van der Waals surface area contributed by atoms with Crippen LogP contribution in [0.15, 0.2) is 0 Å². The summed E-state index contributed by atoms with van der Waals surface area (Å²) >= 11 is 0. The Balaban J connectivity index is 1.82. The summed E-state index contributed by atoms with van der Waals surface area (Å²) in [4.78, 5) is 11.8. The summed E-state index contributed by atoms with van der Waals surface area (Å²) in [5.74, 6) is 0.0667. The summed E-state index contributed by atoms with van der Waals surface area (Å²) in [6.45, 7) is 6.64. The van der Waals surface area contributed by atoms with Gasteiger partial charge in [-0.1, -0.05) is 0 Å². The largest absolute Gasteiger partial charge is 0.460 e. The van der Waals surface area contributed by atoms with Crippen molar-refractivity contribution < 1.29 is 14.3 Å². The summed E-state index contributed by atoms with van der Waals surface area (Å²) in [6, 6.07) is 0. The Morgan fingerprint density at radius 1 is 1.33 bits per heavy atom. The standard InChI is InChI=1S/C12H20O3/c1-11(2,3)15-10(13)9-4-6-12(7-5-9)8-14-12/h9H,4-8H2,1-3H3. The molecule has 86 valence electrons. The highest BCUT2D eigenvalue weighted by Crippen LogP contribution is 2.44. The van der Waals surface area contributed by atoms with Gasteiger partial charge < -0.3 is 9.47 Å². The van der Waals surface area contributed by atoms with E-state index in [0.717, 1.165) is 32.3 Å². The molecule has 0 aromatic carbocycles. The third-order valence-electron chi connectivity index (χ3n) is 3.19. The molecule has 2 rings (SSSR count). The van der Waals surface area contributed by atoms with Crippen LogP contribution in [0.2, 0.25) is 0 Å². The minimum absolute atomic E-state index is 0.0296. The Hall–Kier alpha value is -0.570. The first-order valence-corrected chi connectivity index (χ1v) is 5.77. The van der Waals surface area contributed by atoms with Crippen molar-refractivity contribution >= 4 is 5.97 Å². The van der Waals surface area contributed by atoms with E-state index in [1.54, 1.807) is 0 Å². The van der Waals surface area contributed by atoms with Crippen LogP contribution in [-0.4, -0.2) is 23.8 Å². The Morgan fingerprint density at radius 3 is 2.27 bits per heavy atom. The smallest absolute Gasteiger partial charge is 0.309 e. The monoisotopic (exact) mass is 212 g/mol. The van der Waals surface area contributed by atoms with Crippen LogP contribution >= 0.6 is 0 Å². The molecule has 0 unspecified atom stereocenters. The van der Waals surface area contributed by atoms with Gasteiger partial charge in [-0.15, -0.1) is 0 Å². The number of carbonyl (C=O) groups is 1. The van der Waals surface area contributed by atoms with E-state index >= 15 is 0 Å². The van der Waals surface area contributed by atoms with Crippen molar-refractivity contribution in [3.05, 3.63) is 0 Å². The lowest BCUT2D eigenvalue weighted by Gasteiger charge is -2.28. The highest BCUT2D eigenvalue weighted by atomic mass is 16.6. The molecular formula is C12H20O3. The number of carbonyl (C=O) groups excluding carboxylic acids is 1. The van der Waals surface area contributed by atoms with Gasteiger partial charge in [0.15, 0.2) is 0 Å². The molecule has 1 aliphatic carbocycles. The topological polar surface area (TPSA) is 38.8 Å². The first-order chi connectivity index (χ1) is 6.90. The fraction of sp³-hybridized carbons (Fsp3) is 0.917. The average Bonchev–Trinajstić information content (AvgIpc) is 2.83. The molecule has 0 atom stereocenters. The molecule has 2 aliphatic rings. The van der Waals surface area contributed by atoms with Crippen molar-refractivity contribution in [3.63, 3.8) is 0 Å². The number of rotatable bonds is 1. The zero-order chi connectivity index (χ0) is 11.1. The number of epoxide rings is 1. The van der Waals surface area contributed by atoms with Gasteiger partial charge in [0.2, 0.25) is 0 Å². The van der Waals surface area contributed by atoms with Gasteiger partial charge in [0.25, 0.3) is 0 Å². The van der Waals surface area contributed by atoms with Gasteiger partial charge in [-0.2, -0.15) is 0 Å². The molecule has 0 radical (unpaired) electrons. The van der Waals surface area contributed by atoms with Crippen LogP contribution in [0.3, 0.4) is 0 Å². The predicted octanol–water partition coefficient (Wildman–Crippen LogP) is 2.29. The summed E-state index contributed by atoms with van der Waals surface area (Å²) in [6.07, 6.45) is 3.90. The minimum Gasteiger partial charge on any atom is -0.460 e. The Labute approximate surface area is 91.1 Å². The lowest BCUT2D eigenvalue weighted by atomic mass is 9.82. The van der Waals surface area contributed by atoms with E-state index in [1.165, 1.54) is 0 Å². The molecule has 0 aromatic heterocycles. The second kappa shape index (κ2) is 3.48. The Bertz CT molecular complexity index is 251. The molecular weight excluding hydrogens is 192 g/mol. The highest BCUT2D eigenvalue weighted by Gasteiger charge is 2.48. The molecule has 3 nitrogen and oxygen atoms in total. The molecule has 1 saturated heterocycles. The van der Waals surface area contributed by atoms with E-state index in [2.05, 4.69) is 0 Å². The van der Waals surface area contributed by atoms with E-state index in [-0.39, 0.29) is 23.1 Å². The van der Waals surface area contributed by atoms with Gasteiger partial charge >= 0.3 is 5.97 Å².